The van der Waals surface area contributed by atoms with Gasteiger partial charge in [-0.2, -0.15) is 5.10 Å². The lowest BCUT2D eigenvalue weighted by atomic mass is 9.98. The molecule has 0 spiro atoms. The lowest BCUT2D eigenvalue weighted by Crippen LogP contribution is -2.27. The summed E-state index contributed by atoms with van der Waals surface area (Å²) < 4.78 is 12.8. The number of hydrogen-bond donors (Lipinski definition) is 1. The molecular formula is C13H13FN2O3. The molecule has 0 aliphatic carbocycles. The molecule has 1 amide bonds. The summed E-state index contributed by atoms with van der Waals surface area (Å²) in [5.74, 6) is -2.12. The quantitative estimate of drug-likeness (QED) is 0.904. The van der Waals surface area contributed by atoms with Crippen LogP contribution in [0.25, 0.3) is 0 Å². The molecule has 1 aliphatic rings. The highest BCUT2D eigenvalue weighted by Gasteiger charge is 2.34. The zero-order valence-corrected chi connectivity index (χ0v) is 10.3. The largest absolute Gasteiger partial charge is 0.481 e. The Bertz CT molecular complexity index is 539. The number of carbonyl (C=O) groups is 2. The fraction of sp³-hybridized carbons (Fsp3) is 0.308. The Morgan fingerprint density at radius 3 is 2.63 bits per heavy atom. The third-order valence-electron chi connectivity index (χ3n) is 2.99. The Balaban J connectivity index is 2.15. The number of carboxylic acids is 1. The molecule has 0 aromatic heterocycles. The lowest BCUT2D eigenvalue weighted by molar-refractivity contribution is -0.137. The molecule has 1 aromatic carbocycles. The fourth-order valence-corrected chi connectivity index (χ4v) is 1.97. The summed E-state index contributed by atoms with van der Waals surface area (Å²) in [7, 11) is 0. The van der Waals surface area contributed by atoms with Gasteiger partial charge in [-0.15, -0.1) is 0 Å². The summed E-state index contributed by atoms with van der Waals surface area (Å²) in [5.41, 5.74) is 1.05. The van der Waals surface area contributed by atoms with E-state index in [1.807, 2.05) is 0 Å². The molecule has 1 atom stereocenters. The number of hydrazone groups is 1. The van der Waals surface area contributed by atoms with Crippen LogP contribution in [-0.4, -0.2) is 22.7 Å². The first-order chi connectivity index (χ1) is 8.99. The van der Waals surface area contributed by atoms with E-state index in [0.29, 0.717) is 11.4 Å². The average Bonchev–Trinajstić information content (AvgIpc) is 2.63. The summed E-state index contributed by atoms with van der Waals surface area (Å²) in [6.07, 6.45) is 0.141. The molecule has 0 fully saturated rings. The fourth-order valence-electron chi connectivity index (χ4n) is 1.97. The van der Waals surface area contributed by atoms with Crippen LogP contribution in [0.3, 0.4) is 0 Å². The Morgan fingerprint density at radius 1 is 1.42 bits per heavy atom. The molecule has 0 bridgehead atoms. The Hall–Kier alpha value is -2.24. The van der Waals surface area contributed by atoms with Gasteiger partial charge in [-0.3, -0.25) is 9.59 Å². The maximum atomic E-state index is 12.8. The number of carboxylic acid groups (broad SMARTS) is 1. The maximum absolute atomic E-state index is 12.8. The van der Waals surface area contributed by atoms with Gasteiger partial charge in [0.05, 0.1) is 11.6 Å². The predicted molar refractivity (Wildman–Crippen MR) is 67.4 cm³/mol. The number of rotatable bonds is 4. The van der Waals surface area contributed by atoms with Crippen molar-refractivity contribution in [1.82, 2.24) is 0 Å². The van der Waals surface area contributed by atoms with Crippen LogP contribution in [0, 0.1) is 11.7 Å². The predicted octanol–water partition coefficient (Wildman–Crippen LogP) is 2.03. The SMILES string of the molecule is CC1=NN(c2ccc(F)cc2)C(=O)[C@@H]1CCC(=O)O. The first-order valence-electron chi connectivity index (χ1n) is 5.85. The maximum Gasteiger partial charge on any atom is 0.303 e. The van der Waals surface area contributed by atoms with E-state index in [1.54, 1.807) is 6.92 Å². The molecule has 100 valence electrons. The van der Waals surface area contributed by atoms with Gasteiger partial charge in [0.1, 0.15) is 5.82 Å². The molecule has 1 aliphatic heterocycles. The van der Waals surface area contributed by atoms with Crippen LogP contribution in [0.15, 0.2) is 29.4 Å². The topological polar surface area (TPSA) is 70.0 Å². The number of carbonyl (C=O) groups excluding carboxylic acids is 1. The highest BCUT2D eigenvalue weighted by molar-refractivity contribution is 6.14. The van der Waals surface area contributed by atoms with Gasteiger partial charge in [-0.1, -0.05) is 0 Å². The standard InChI is InChI=1S/C13H13FN2O3/c1-8-11(6-7-12(17)18)13(19)16(15-8)10-4-2-9(14)3-5-10/h2-5,11H,6-7H2,1H3,(H,17,18)/t11-/m1/s1. The van der Waals surface area contributed by atoms with Gasteiger partial charge in [0.15, 0.2) is 0 Å². The highest BCUT2D eigenvalue weighted by atomic mass is 19.1. The minimum absolute atomic E-state index is 0.0828. The molecule has 0 saturated carbocycles. The van der Waals surface area contributed by atoms with Crippen molar-refractivity contribution < 1.29 is 19.1 Å². The Labute approximate surface area is 109 Å². The molecule has 0 saturated heterocycles. The van der Waals surface area contributed by atoms with Gasteiger partial charge in [0.25, 0.3) is 5.91 Å². The van der Waals surface area contributed by atoms with Gasteiger partial charge < -0.3 is 5.11 Å². The zero-order valence-electron chi connectivity index (χ0n) is 10.3. The van der Waals surface area contributed by atoms with Gasteiger partial charge in [0.2, 0.25) is 0 Å². The number of hydrogen-bond acceptors (Lipinski definition) is 3. The normalized spacial score (nSPS) is 18.6. The minimum atomic E-state index is -0.944. The third kappa shape index (κ3) is 2.78. The Kier molecular flexibility index (Phi) is 3.59. The van der Waals surface area contributed by atoms with Crippen molar-refractivity contribution in [3.8, 4) is 0 Å². The van der Waals surface area contributed by atoms with Crippen molar-refractivity contribution in [2.45, 2.75) is 19.8 Å². The van der Waals surface area contributed by atoms with Gasteiger partial charge >= 0.3 is 5.97 Å². The van der Waals surface area contributed by atoms with E-state index in [1.165, 1.54) is 29.3 Å². The molecular weight excluding hydrogens is 251 g/mol. The molecule has 2 rings (SSSR count). The molecule has 5 nitrogen and oxygen atoms in total. The van der Waals surface area contributed by atoms with Crippen LogP contribution >= 0.6 is 0 Å². The molecule has 6 heteroatoms. The average molecular weight is 264 g/mol. The van der Waals surface area contributed by atoms with E-state index in [4.69, 9.17) is 5.11 Å². The first kappa shape index (κ1) is 13.2. The first-order valence-corrected chi connectivity index (χ1v) is 5.85. The van der Waals surface area contributed by atoms with E-state index in [2.05, 4.69) is 5.10 Å². The second-order valence-electron chi connectivity index (χ2n) is 4.35. The molecule has 1 heterocycles. The van der Waals surface area contributed by atoms with Crippen molar-refractivity contribution in [2.75, 3.05) is 5.01 Å². The van der Waals surface area contributed by atoms with Gasteiger partial charge in [-0.05, 0) is 37.6 Å². The van der Waals surface area contributed by atoms with Gasteiger partial charge in [-0.25, -0.2) is 9.40 Å². The van der Waals surface area contributed by atoms with Gasteiger partial charge in [0, 0.05) is 12.1 Å². The smallest absolute Gasteiger partial charge is 0.303 e. The molecule has 19 heavy (non-hydrogen) atoms. The van der Waals surface area contributed by atoms with E-state index < -0.39 is 17.7 Å². The molecule has 0 radical (unpaired) electrons. The van der Waals surface area contributed by atoms with Crippen LogP contribution in [0.4, 0.5) is 10.1 Å². The Morgan fingerprint density at radius 2 is 2.05 bits per heavy atom. The molecule has 0 unspecified atom stereocenters. The van der Waals surface area contributed by atoms with Crippen LogP contribution < -0.4 is 5.01 Å². The monoisotopic (exact) mass is 264 g/mol. The zero-order chi connectivity index (χ0) is 14.0. The van der Waals surface area contributed by atoms with Crippen LogP contribution in [-0.2, 0) is 9.59 Å². The van der Waals surface area contributed by atoms with Crippen LogP contribution in [0.1, 0.15) is 19.8 Å². The number of aliphatic carboxylic acids is 1. The lowest BCUT2D eigenvalue weighted by Gasteiger charge is -2.13. The van der Waals surface area contributed by atoms with E-state index in [9.17, 15) is 14.0 Å². The van der Waals surface area contributed by atoms with E-state index in [-0.39, 0.29) is 18.7 Å². The number of anilines is 1. The summed E-state index contributed by atoms with van der Waals surface area (Å²) >= 11 is 0. The minimum Gasteiger partial charge on any atom is -0.481 e. The van der Waals surface area contributed by atoms with Crippen molar-refractivity contribution in [3.05, 3.63) is 30.1 Å². The second kappa shape index (κ2) is 5.17. The summed E-state index contributed by atoms with van der Waals surface area (Å²) in [6, 6.07) is 5.42. The second-order valence-corrected chi connectivity index (χ2v) is 4.35. The summed E-state index contributed by atoms with van der Waals surface area (Å²) in [4.78, 5) is 22.7. The number of nitrogens with zero attached hydrogens (tertiary/aromatic N) is 2. The summed E-state index contributed by atoms with van der Waals surface area (Å²) in [6.45, 7) is 1.69. The van der Waals surface area contributed by atoms with Crippen molar-refractivity contribution >= 4 is 23.3 Å². The van der Waals surface area contributed by atoms with Crippen LogP contribution in [0.2, 0.25) is 0 Å². The van der Waals surface area contributed by atoms with E-state index in [0.717, 1.165) is 0 Å². The summed E-state index contributed by atoms with van der Waals surface area (Å²) in [5, 5.41) is 14.0. The third-order valence-corrected chi connectivity index (χ3v) is 2.99. The highest BCUT2D eigenvalue weighted by Crippen LogP contribution is 2.26. The molecule has 1 N–H and O–H groups in total. The van der Waals surface area contributed by atoms with Crippen LogP contribution in [0.5, 0.6) is 0 Å². The van der Waals surface area contributed by atoms with E-state index >= 15 is 0 Å². The molecule has 1 aromatic rings. The number of benzene rings is 1. The number of amides is 1. The van der Waals surface area contributed by atoms with Crippen molar-refractivity contribution in [1.29, 1.82) is 0 Å². The van der Waals surface area contributed by atoms with Crippen molar-refractivity contribution in [3.63, 3.8) is 0 Å². The number of halogens is 1. The van der Waals surface area contributed by atoms with Crippen molar-refractivity contribution in [2.24, 2.45) is 11.0 Å².